The van der Waals surface area contributed by atoms with Crippen LogP contribution in [-0.2, 0) is 6.42 Å². The average Bonchev–Trinajstić information content (AvgIpc) is 2.62. The van der Waals surface area contributed by atoms with E-state index in [1.54, 1.807) is 18.3 Å². The Kier molecular flexibility index (Phi) is 6.93. The number of nitriles is 1. The van der Waals surface area contributed by atoms with Gasteiger partial charge in [0.15, 0.2) is 11.7 Å². The highest BCUT2D eigenvalue weighted by atomic mass is 32.1. The molecule has 5 nitrogen and oxygen atoms in total. The Morgan fingerprint density at radius 2 is 2.04 bits per heavy atom. The normalized spacial score (nSPS) is 10.3. The number of nitrogens with one attached hydrogen (secondary N) is 2. The van der Waals surface area contributed by atoms with Crippen LogP contribution in [0.4, 0.5) is 5.69 Å². The molecule has 0 heterocycles. The number of hydrogen-bond donors (Lipinski definition) is 2. The summed E-state index contributed by atoms with van der Waals surface area (Å²) >= 11 is 5.30. The fourth-order valence-corrected chi connectivity index (χ4v) is 2.43. The second-order valence-electron chi connectivity index (χ2n) is 5.30. The highest BCUT2D eigenvalue weighted by Crippen LogP contribution is 2.20. The van der Waals surface area contributed by atoms with Gasteiger partial charge in [-0.25, -0.2) is 0 Å². The van der Waals surface area contributed by atoms with Crippen LogP contribution in [-0.4, -0.2) is 17.9 Å². The molecule has 0 bridgehead atoms. The molecule has 0 aliphatic rings. The zero-order valence-corrected chi connectivity index (χ0v) is 15.1. The molecule has 0 radical (unpaired) electrons. The summed E-state index contributed by atoms with van der Waals surface area (Å²) in [7, 11) is 0. The van der Waals surface area contributed by atoms with Gasteiger partial charge in [0.25, 0.3) is 0 Å². The average molecular weight is 352 g/mol. The molecular formula is C19H20N4OS. The first-order valence-electron chi connectivity index (χ1n) is 7.92. The standard InChI is InChI=1S/C19H20N4OS/c1-3-16-6-4-5-14(2)18(16)22-19(25)23-21-13-15-7-9-17(10-8-15)24-12-11-20/h4-10,13H,3,12H2,1-2H3,(H2,22,23,25)/b21-13-. The number of aryl methyl sites for hydroxylation is 2. The van der Waals surface area contributed by atoms with Crippen molar-refractivity contribution in [2.45, 2.75) is 20.3 Å². The minimum absolute atomic E-state index is 0.0353. The summed E-state index contributed by atoms with van der Waals surface area (Å²) in [6.07, 6.45) is 2.59. The van der Waals surface area contributed by atoms with Crippen molar-refractivity contribution in [3.63, 3.8) is 0 Å². The van der Waals surface area contributed by atoms with Crippen molar-refractivity contribution in [2.24, 2.45) is 5.10 Å². The van der Waals surface area contributed by atoms with Crippen LogP contribution in [0.15, 0.2) is 47.6 Å². The Labute approximate surface area is 153 Å². The number of rotatable bonds is 6. The SMILES string of the molecule is CCc1cccc(C)c1NC(=S)N/N=C\c1ccc(OCC#N)cc1. The molecule has 25 heavy (non-hydrogen) atoms. The van der Waals surface area contributed by atoms with E-state index in [2.05, 4.69) is 28.8 Å². The quantitative estimate of drug-likeness (QED) is 0.470. The molecule has 0 fully saturated rings. The number of anilines is 1. The molecule has 2 rings (SSSR count). The van der Waals surface area contributed by atoms with Crippen molar-refractivity contribution < 1.29 is 4.74 Å². The summed E-state index contributed by atoms with van der Waals surface area (Å²) in [6, 6.07) is 15.4. The van der Waals surface area contributed by atoms with Gasteiger partial charge in [-0.1, -0.05) is 25.1 Å². The zero-order chi connectivity index (χ0) is 18.1. The molecule has 2 N–H and O–H groups in total. The number of nitrogens with zero attached hydrogens (tertiary/aromatic N) is 2. The molecule has 0 saturated carbocycles. The highest BCUT2D eigenvalue weighted by Gasteiger charge is 2.05. The molecule has 2 aromatic carbocycles. The molecule has 0 aliphatic heterocycles. The topological polar surface area (TPSA) is 69.4 Å². The second kappa shape index (κ2) is 9.40. The Balaban J connectivity index is 1.92. The van der Waals surface area contributed by atoms with Gasteiger partial charge in [0.05, 0.1) is 6.21 Å². The second-order valence-corrected chi connectivity index (χ2v) is 5.71. The third-order valence-electron chi connectivity index (χ3n) is 3.54. The zero-order valence-electron chi connectivity index (χ0n) is 14.2. The van der Waals surface area contributed by atoms with Crippen molar-refractivity contribution >= 4 is 29.2 Å². The minimum atomic E-state index is 0.0353. The van der Waals surface area contributed by atoms with E-state index in [1.807, 2.05) is 37.3 Å². The van der Waals surface area contributed by atoms with E-state index in [-0.39, 0.29) is 6.61 Å². The van der Waals surface area contributed by atoms with Gasteiger partial charge in [-0.15, -0.1) is 0 Å². The van der Waals surface area contributed by atoms with Gasteiger partial charge in [-0.05, 0) is 66.5 Å². The van der Waals surface area contributed by atoms with Crippen LogP contribution < -0.4 is 15.5 Å². The Bertz CT molecular complexity index is 794. The predicted octanol–water partition coefficient (Wildman–Crippen LogP) is 3.78. The fourth-order valence-electron chi connectivity index (χ4n) is 2.27. The van der Waals surface area contributed by atoms with Crippen LogP contribution in [0.3, 0.4) is 0 Å². The van der Waals surface area contributed by atoms with Gasteiger partial charge in [0.2, 0.25) is 0 Å². The van der Waals surface area contributed by atoms with Crippen molar-refractivity contribution in [3.8, 4) is 11.8 Å². The van der Waals surface area contributed by atoms with Crippen molar-refractivity contribution in [1.82, 2.24) is 5.43 Å². The minimum Gasteiger partial charge on any atom is -0.479 e. The van der Waals surface area contributed by atoms with Crippen molar-refractivity contribution in [2.75, 3.05) is 11.9 Å². The lowest BCUT2D eigenvalue weighted by molar-refractivity contribution is 0.368. The van der Waals surface area contributed by atoms with Crippen LogP contribution >= 0.6 is 12.2 Å². The lowest BCUT2D eigenvalue weighted by Crippen LogP contribution is -2.25. The monoisotopic (exact) mass is 352 g/mol. The number of hydrazone groups is 1. The first kappa shape index (κ1) is 18.4. The lowest BCUT2D eigenvalue weighted by Gasteiger charge is -2.14. The number of ether oxygens (including phenoxy) is 1. The van der Waals surface area contributed by atoms with Gasteiger partial charge >= 0.3 is 0 Å². The summed E-state index contributed by atoms with van der Waals surface area (Å²) in [4.78, 5) is 0. The Morgan fingerprint density at radius 1 is 1.28 bits per heavy atom. The van der Waals surface area contributed by atoms with Crippen LogP contribution in [0.5, 0.6) is 5.75 Å². The summed E-state index contributed by atoms with van der Waals surface area (Å²) in [5.74, 6) is 0.649. The van der Waals surface area contributed by atoms with Gasteiger partial charge in [0, 0.05) is 5.69 Å². The summed E-state index contributed by atoms with van der Waals surface area (Å²) in [6.45, 7) is 4.19. The van der Waals surface area contributed by atoms with Crippen LogP contribution in [0.2, 0.25) is 0 Å². The molecular weight excluding hydrogens is 332 g/mol. The van der Waals surface area contributed by atoms with Gasteiger partial charge in [0.1, 0.15) is 11.8 Å². The third kappa shape index (κ3) is 5.59. The van der Waals surface area contributed by atoms with Gasteiger partial charge < -0.3 is 10.1 Å². The molecule has 0 saturated heterocycles. The molecule has 2 aromatic rings. The molecule has 0 aliphatic carbocycles. The number of thiocarbonyl (C=S) groups is 1. The highest BCUT2D eigenvalue weighted by molar-refractivity contribution is 7.80. The van der Waals surface area contributed by atoms with Gasteiger partial charge in [-0.3, -0.25) is 5.43 Å². The molecule has 0 aromatic heterocycles. The molecule has 6 heteroatoms. The van der Waals surface area contributed by atoms with E-state index < -0.39 is 0 Å². The lowest BCUT2D eigenvalue weighted by atomic mass is 10.1. The summed E-state index contributed by atoms with van der Waals surface area (Å²) < 4.78 is 5.20. The van der Waals surface area contributed by atoms with Crippen LogP contribution in [0.1, 0.15) is 23.6 Å². The van der Waals surface area contributed by atoms with Crippen molar-refractivity contribution in [1.29, 1.82) is 5.26 Å². The first-order valence-corrected chi connectivity index (χ1v) is 8.33. The third-order valence-corrected chi connectivity index (χ3v) is 3.74. The molecule has 0 amide bonds. The Hall–Kier alpha value is -2.91. The van der Waals surface area contributed by atoms with E-state index in [0.717, 1.165) is 23.2 Å². The predicted molar refractivity (Wildman–Crippen MR) is 105 cm³/mol. The van der Waals surface area contributed by atoms with E-state index in [9.17, 15) is 0 Å². The largest absolute Gasteiger partial charge is 0.479 e. The maximum absolute atomic E-state index is 8.48. The number of benzene rings is 2. The first-order chi connectivity index (χ1) is 12.1. The molecule has 128 valence electrons. The smallest absolute Gasteiger partial charge is 0.191 e. The maximum atomic E-state index is 8.48. The Morgan fingerprint density at radius 3 is 2.72 bits per heavy atom. The summed E-state index contributed by atoms with van der Waals surface area (Å²) in [5.41, 5.74) is 7.09. The summed E-state index contributed by atoms with van der Waals surface area (Å²) in [5, 5.41) is 16.3. The van der Waals surface area contributed by atoms with Gasteiger partial charge in [-0.2, -0.15) is 10.4 Å². The van der Waals surface area contributed by atoms with E-state index >= 15 is 0 Å². The van der Waals surface area contributed by atoms with Crippen LogP contribution in [0.25, 0.3) is 0 Å². The molecule has 0 unspecified atom stereocenters. The maximum Gasteiger partial charge on any atom is 0.191 e. The van der Waals surface area contributed by atoms with Crippen LogP contribution in [0, 0.1) is 18.3 Å². The van der Waals surface area contributed by atoms with Crippen molar-refractivity contribution in [3.05, 3.63) is 59.2 Å². The number of para-hydroxylation sites is 1. The van der Waals surface area contributed by atoms with E-state index in [4.69, 9.17) is 22.2 Å². The fraction of sp³-hybridized carbons (Fsp3) is 0.211. The van der Waals surface area contributed by atoms with E-state index in [1.165, 1.54) is 5.56 Å². The molecule has 0 atom stereocenters. The van der Waals surface area contributed by atoms with E-state index in [0.29, 0.717) is 10.9 Å². The molecule has 0 spiro atoms. The number of hydrogen-bond acceptors (Lipinski definition) is 4.